The largest absolute Gasteiger partial charge is 0.474 e. The number of alkyl halides is 1. The van der Waals surface area contributed by atoms with Crippen molar-refractivity contribution in [3.63, 3.8) is 0 Å². The summed E-state index contributed by atoms with van der Waals surface area (Å²) in [4.78, 5) is 161. The predicted molar refractivity (Wildman–Crippen MR) is 434 cm³/mol. The molecule has 8 aromatic rings. The average Bonchev–Trinajstić information content (AvgIpc) is 0.808. The number of hydrogen-bond acceptors (Lipinski definition) is 17. The van der Waals surface area contributed by atoms with E-state index in [1.54, 1.807) is 24.3 Å². The standard InChI is InChI=1S/3C20H20ClFN4O3.C12H15ClFN.C8H7N3O4.CH3F/c3*1-11-2-3-17(12-4-14(21)7-15(22)5-12)26(10-11)20(29)19(28)25-16-6-13(18(23)27)8-24-9-16;1-8-2-3-12(15-7-8)9-4-10(13)6-11(14)5-9;9-6(12)4-1-5(3-10-2-4)11-7(13)8(14)15;1-2/h3*4-9,11,17H,2-3,10H2,1H3,(H2,23,27)(H,25,28);4-6,8,12,15H,2-3,7H2,1H3;1-3H,(H2,9,12)(H,11,13)(H,14,15);1H3/t2*11-,17+;11-,17-;;;/m100.../s1/i;;;;;1D. The van der Waals surface area contributed by atoms with Gasteiger partial charge in [-0.25, -0.2) is 22.4 Å². The first-order valence-corrected chi connectivity index (χ1v) is 38.1. The van der Waals surface area contributed by atoms with Crippen LogP contribution in [-0.2, 0) is 38.4 Å². The molecule has 38 heteroatoms. The van der Waals surface area contributed by atoms with Crippen molar-refractivity contribution in [3.05, 3.63) is 235 Å². The number of halogens is 9. The van der Waals surface area contributed by atoms with E-state index >= 15 is 0 Å². The lowest BCUT2D eigenvalue weighted by molar-refractivity contribution is -0.147. The van der Waals surface area contributed by atoms with Crippen LogP contribution in [0.15, 0.2) is 147 Å². The summed E-state index contributed by atoms with van der Waals surface area (Å²) >= 11 is 23.7. The lowest BCUT2D eigenvalue weighted by Crippen LogP contribution is -2.46. The van der Waals surface area contributed by atoms with Crippen molar-refractivity contribution in [3.8, 4) is 0 Å². The number of aliphatic carboxylic acids is 1. The zero-order chi connectivity index (χ0) is 88.4. The van der Waals surface area contributed by atoms with Crippen molar-refractivity contribution in [2.75, 3.05) is 54.6 Å². The third-order valence-electron chi connectivity index (χ3n) is 18.9. The van der Waals surface area contributed by atoms with E-state index in [0.717, 1.165) is 37.8 Å². The van der Waals surface area contributed by atoms with Crippen molar-refractivity contribution in [2.45, 2.75) is 103 Å². The number of aromatic nitrogens is 4. The van der Waals surface area contributed by atoms with Gasteiger partial charge in [-0.2, -0.15) is 0 Å². The van der Waals surface area contributed by atoms with Crippen molar-refractivity contribution >= 4 is 140 Å². The Morgan fingerprint density at radius 2 is 0.639 bits per heavy atom. The Morgan fingerprint density at radius 3 is 0.882 bits per heavy atom. The number of carbonyl (C=O) groups excluding carboxylic acids is 11. The second-order valence-electron chi connectivity index (χ2n) is 28.3. The Morgan fingerprint density at radius 1 is 0.387 bits per heavy atom. The first-order valence-electron chi connectivity index (χ1n) is 37.3. The molecule has 12 rings (SSSR count). The van der Waals surface area contributed by atoms with Gasteiger partial charge in [-0.1, -0.05) is 74.1 Å². The molecule has 4 aliphatic rings. The molecule has 4 fully saturated rings. The van der Waals surface area contributed by atoms with Gasteiger partial charge in [0.1, 0.15) is 23.3 Å². The van der Waals surface area contributed by atoms with E-state index in [0.29, 0.717) is 66.5 Å². The van der Waals surface area contributed by atoms with Crippen LogP contribution in [0.4, 0.5) is 44.7 Å². The number of nitrogens with zero attached hydrogens (tertiary/aromatic N) is 7. The number of piperidine rings is 4. The SMILES string of the molecule is CC1CCC(c2cc(F)cc(Cl)c2)NC1.C[C@@H]1CC[C@@H](c2cc(F)cc(Cl)c2)N(C(=O)C(=O)Nc2cncc(C(N)=O)c2)C1.C[C@H]1CC[C@@H](c2cc(F)cc(Cl)c2)N(C(=O)C(=O)Nc2cncc(C(N)=O)c2)C1.C[C@H]1CC[C@H](c2cc(F)cc(Cl)c2)N(C(=O)C(=O)Nc2cncc(C(N)=O)c2)C1.NC(=O)c1cncc(NC(=O)C(=O)O)c1.[2H]CF. The molecule has 4 aromatic heterocycles. The number of amides is 11. The van der Waals surface area contributed by atoms with Gasteiger partial charge in [0.25, 0.3) is 0 Å². The smallest absolute Gasteiger partial charge is 0.394 e. The summed E-state index contributed by atoms with van der Waals surface area (Å²) in [6.07, 6.45) is 16.6. The van der Waals surface area contributed by atoms with Crippen LogP contribution in [0.2, 0.25) is 20.1 Å². The van der Waals surface area contributed by atoms with Crippen molar-refractivity contribution < 1.29 is 86.0 Å². The summed E-state index contributed by atoms with van der Waals surface area (Å²) in [7, 11) is -1.00. The highest BCUT2D eigenvalue weighted by Crippen LogP contribution is 2.39. The lowest BCUT2D eigenvalue weighted by atomic mass is 9.89. The lowest BCUT2D eigenvalue weighted by Gasteiger charge is -2.38. The number of primary amides is 4. The molecule has 8 heterocycles. The summed E-state index contributed by atoms with van der Waals surface area (Å²) in [6, 6.07) is 21.2. The van der Waals surface area contributed by atoms with E-state index in [4.69, 9.17) is 75.8 Å². The van der Waals surface area contributed by atoms with Crippen LogP contribution in [0.25, 0.3) is 0 Å². The quantitative estimate of drug-likeness (QED) is 0.0401. The highest BCUT2D eigenvalue weighted by molar-refractivity contribution is 6.41. The molecule has 4 aromatic carbocycles. The van der Waals surface area contributed by atoms with Gasteiger partial charge in [-0.15, -0.1) is 0 Å². The second-order valence-corrected chi connectivity index (χ2v) is 30.1. The normalized spacial score (nSPS) is 18.5. The number of pyridine rings is 4. The fourth-order valence-electron chi connectivity index (χ4n) is 13.2. The zero-order valence-corrected chi connectivity index (χ0v) is 67.4. The highest BCUT2D eigenvalue weighted by atomic mass is 35.5. The molecule has 14 N–H and O–H groups in total. The molecule has 0 radical (unpaired) electrons. The van der Waals surface area contributed by atoms with Crippen molar-refractivity contribution in [2.24, 2.45) is 46.6 Å². The van der Waals surface area contributed by atoms with Gasteiger partial charge in [-0.05, 0) is 201 Å². The van der Waals surface area contributed by atoms with Crippen LogP contribution in [0, 0.1) is 46.9 Å². The Labute approximate surface area is 701 Å². The van der Waals surface area contributed by atoms with E-state index in [-0.39, 0.29) is 89.7 Å². The minimum atomic E-state index is -1.63. The van der Waals surface area contributed by atoms with Crippen LogP contribution in [0.3, 0.4) is 0 Å². The molecule has 4 aliphatic heterocycles. The molecule has 29 nitrogen and oxygen atoms in total. The van der Waals surface area contributed by atoms with Gasteiger partial charge in [0.15, 0.2) is 0 Å². The molecule has 8 atom stereocenters. The van der Waals surface area contributed by atoms with Crippen LogP contribution < -0.4 is 49.5 Å². The van der Waals surface area contributed by atoms with E-state index in [1.165, 1.54) is 137 Å². The molecule has 0 spiro atoms. The topological polar surface area (TPSA) is 451 Å². The number of carbonyl (C=O) groups is 12. The van der Waals surface area contributed by atoms with Gasteiger partial charge < -0.3 is 69.3 Å². The summed E-state index contributed by atoms with van der Waals surface area (Å²) < 4.78 is 70.1. The summed E-state index contributed by atoms with van der Waals surface area (Å²) in [6.45, 7) is 10.2. The maximum absolute atomic E-state index is 13.8. The van der Waals surface area contributed by atoms with E-state index in [2.05, 4.69) is 48.1 Å². The first kappa shape index (κ1) is 92.4. The molecular formula is C81H85Cl4F5N16O13. The summed E-state index contributed by atoms with van der Waals surface area (Å²) in [5, 5.41) is 22.2. The number of hydrogen-bond donors (Lipinski definition) is 10. The Balaban J connectivity index is 0.000000210. The minimum Gasteiger partial charge on any atom is -0.474 e. The predicted octanol–water partition coefficient (Wildman–Crippen LogP) is 12.1. The van der Waals surface area contributed by atoms with Gasteiger partial charge in [0.05, 0.1) is 96.4 Å². The van der Waals surface area contributed by atoms with Crippen LogP contribution >= 0.6 is 46.4 Å². The minimum absolute atomic E-state index is 0.0817. The summed E-state index contributed by atoms with van der Waals surface area (Å²) in [5.41, 5.74) is 24.2. The maximum atomic E-state index is 13.8. The number of carboxylic acid groups (broad SMARTS) is 1. The Bertz CT molecular complexity index is 4650. The third-order valence-corrected chi connectivity index (χ3v) is 19.8. The Hall–Kier alpha value is -12.1. The maximum Gasteiger partial charge on any atom is 0.394 e. The fourth-order valence-corrected chi connectivity index (χ4v) is 14.2. The average molecular weight is 1730 g/mol. The molecule has 0 saturated carbocycles. The zero-order valence-electron chi connectivity index (χ0n) is 65.4. The number of nitrogens with one attached hydrogen (secondary N) is 5. The summed E-state index contributed by atoms with van der Waals surface area (Å²) in [5.74, 6) is -11.1. The second kappa shape index (κ2) is 44.5. The number of nitrogens with two attached hydrogens (primary N) is 4. The number of rotatable bonds is 12. The van der Waals surface area contributed by atoms with Crippen LogP contribution in [0.1, 0.15) is 168 Å². The monoisotopic (exact) mass is 1730 g/mol. The molecule has 11 amide bonds. The molecule has 119 heavy (non-hydrogen) atoms. The number of anilines is 4. The molecular weight excluding hydrogens is 1640 g/mol. The van der Waals surface area contributed by atoms with E-state index < -0.39 is 114 Å². The van der Waals surface area contributed by atoms with Crippen molar-refractivity contribution in [1.82, 2.24) is 40.0 Å². The van der Waals surface area contributed by atoms with Gasteiger partial charge >= 0.3 is 47.3 Å². The van der Waals surface area contributed by atoms with E-state index in [1.807, 2.05) is 32.2 Å². The molecule has 2 unspecified atom stereocenters. The highest BCUT2D eigenvalue weighted by Gasteiger charge is 2.38. The molecule has 0 bridgehead atoms. The van der Waals surface area contributed by atoms with Crippen LogP contribution in [-0.4, -0.2) is 144 Å². The number of benzene rings is 4. The molecule has 4 saturated heterocycles. The van der Waals surface area contributed by atoms with Gasteiger partial charge in [0.2, 0.25) is 23.6 Å². The Kier molecular flexibility index (Phi) is 34.5. The number of likely N-dealkylation sites (tertiary alicyclic amines) is 3. The first-order chi connectivity index (χ1) is 56.8. The number of carboxylic acids is 1. The van der Waals surface area contributed by atoms with Gasteiger partial charge in [0, 0.05) is 70.6 Å². The fraction of sp³-hybridized carbons (Fsp3) is 0.309. The van der Waals surface area contributed by atoms with Crippen molar-refractivity contribution in [1.29, 1.82) is 0 Å². The third kappa shape index (κ3) is 28.3. The van der Waals surface area contributed by atoms with E-state index in [9.17, 15) is 79.5 Å². The molecule has 0 aliphatic carbocycles. The molecule has 630 valence electrons. The van der Waals surface area contributed by atoms with Gasteiger partial charge in [-0.3, -0.25) is 77.1 Å². The van der Waals surface area contributed by atoms with Crippen LogP contribution in [0.5, 0.6) is 0 Å².